The Morgan fingerprint density at radius 2 is 2.05 bits per heavy atom. The van der Waals surface area contributed by atoms with Crippen LogP contribution in [0.25, 0.3) is 0 Å². The smallest absolute Gasteiger partial charge is 0.356 e. The molecule has 0 spiro atoms. The molecule has 0 aliphatic heterocycles. The van der Waals surface area contributed by atoms with Crippen LogP contribution in [0.3, 0.4) is 0 Å². The van der Waals surface area contributed by atoms with Gasteiger partial charge in [-0.1, -0.05) is 19.6 Å². The van der Waals surface area contributed by atoms with Gasteiger partial charge >= 0.3 is 5.97 Å². The van der Waals surface area contributed by atoms with Gasteiger partial charge in [0.15, 0.2) is 11.5 Å². The van der Waals surface area contributed by atoms with Gasteiger partial charge in [-0.25, -0.2) is 9.78 Å². The Morgan fingerprint density at radius 1 is 1.42 bits per heavy atom. The zero-order valence-corrected chi connectivity index (χ0v) is 12.3. The van der Waals surface area contributed by atoms with Gasteiger partial charge in [0.05, 0.1) is 12.3 Å². The van der Waals surface area contributed by atoms with Crippen LogP contribution in [0, 0.1) is 0 Å². The van der Waals surface area contributed by atoms with Gasteiger partial charge in [-0.2, -0.15) is 0 Å². The van der Waals surface area contributed by atoms with Gasteiger partial charge in [0.25, 0.3) is 5.91 Å². The summed E-state index contributed by atoms with van der Waals surface area (Å²) in [7, 11) is -1.18. The predicted molar refractivity (Wildman–Crippen MR) is 71.9 cm³/mol. The highest BCUT2D eigenvalue weighted by molar-refractivity contribution is 6.76. The number of nitrogens with one attached hydrogen (secondary N) is 1. The molecular formula is C11H19N3O4Si. The van der Waals surface area contributed by atoms with E-state index in [-0.39, 0.29) is 23.8 Å². The second kappa shape index (κ2) is 5.98. The highest BCUT2D eigenvalue weighted by Crippen LogP contribution is 2.11. The topological polar surface area (TPSA) is 118 Å². The van der Waals surface area contributed by atoms with Crippen LogP contribution in [0.4, 0.5) is 0 Å². The number of carboxylic acids is 1. The fourth-order valence-electron chi connectivity index (χ4n) is 1.36. The monoisotopic (exact) mass is 285 g/mol. The summed E-state index contributed by atoms with van der Waals surface area (Å²) in [6.45, 7) is 7.30. The third kappa shape index (κ3) is 4.84. The molecule has 1 heterocycles. The van der Waals surface area contributed by atoms with Gasteiger partial charge < -0.3 is 20.6 Å². The third-order valence-corrected chi connectivity index (χ3v) is 4.16. The number of amides is 1. The van der Waals surface area contributed by atoms with Gasteiger partial charge in [-0.05, 0) is 6.04 Å². The Hall–Kier alpha value is -1.67. The highest BCUT2D eigenvalue weighted by atomic mass is 28.3. The summed E-state index contributed by atoms with van der Waals surface area (Å²) in [6, 6.07) is 0.978. The number of H-pyrrole nitrogens is 1. The number of primary amides is 1. The molecule has 1 rings (SSSR count). The van der Waals surface area contributed by atoms with Crippen molar-refractivity contribution in [2.24, 2.45) is 5.73 Å². The first-order valence-electron chi connectivity index (χ1n) is 5.90. The molecular weight excluding hydrogens is 266 g/mol. The number of aromatic amines is 1. The molecule has 8 heteroatoms. The lowest BCUT2D eigenvalue weighted by molar-refractivity contribution is 0.0682. The first-order valence-corrected chi connectivity index (χ1v) is 9.61. The van der Waals surface area contributed by atoms with Crippen LogP contribution in [-0.4, -0.2) is 41.6 Å². The fourth-order valence-corrected chi connectivity index (χ4v) is 2.12. The second-order valence-corrected chi connectivity index (χ2v) is 11.1. The summed E-state index contributed by atoms with van der Waals surface area (Å²) < 4.78 is 5.43. The number of hydrogen-bond acceptors (Lipinski definition) is 4. The van der Waals surface area contributed by atoms with E-state index in [0.717, 1.165) is 6.04 Å². The Bertz CT molecular complexity index is 479. The van der Waals surface area contributed by atoms with Gasteiger partial charge in [-0.3, -0.25) is 4.79 Å². The third-order valence-electron chi connectivity index (χ3n) is 2.46. The molecule has 0 bridgehead atoms. The first kappa shape index (κ1) is 15.4. The van der Waals surface area contributed by atoms with Crippen molar-refractivity contribution < 1.29 is 19.4 Å². The molecule has 7 nitrogen and oxygen atoms in total. The summed E-state index contributed by atoms with van der Waals surface area (Å²) in [4.78, 5) is 28.1. The predicted octanol–water partition coefficient (Wildman–Crippen LogP) is 1.06. The Balaban J connectivity index is 2.67. The molecule has 0 aliphatic rings. The number of aromatic nitrogens is 2. The molecule has 1 amide bonds. The zero-order valence-electron chi connectivity index (χ0n) is 11.3. The number of carbonyl (C=O) groups is 2. The molecule has 0 fully saturated rings. The van der Waals surface area contributed by atoms with Gasteiger partial charge in [0, 0.05) is 14.7 Å². The van der Waals surface area contributed by atoms with Crippen molar-refractivity contribution in [2.75, 3.05) is 6.61 Å². The van der Waals surface area contributed by atoms with Crippen LogP contribution in [0.2, 0.25) is 25.7 Å². The van der Waals surface area contributed by atoms with Crippen molar-refractivity contribution >= 4 is 20.0 Å². The Morgan fingerprint density at radius 3 is 2.53 bits per heavy atom. The Kier molecular flexibility index (Phi) is 4.84. The van der Waals surface area contributed by atoms with Crippen molar-refractivity contribution in [2.45, 2.75) is 32.3 Å². The number of carboxylic acid groups (broad SMARTS) is 1. The molecule has 0 aromatic carbocycles. The summed E-state index contributed by atoms with van der Waals surface area (Å²) in [5, 5.41) is 8.96. The summed E-state index contributed by atoms with van der Waals surface area (Å²) in [5.74, 6) is -2.18. The van der Waals surface area contributed by atoms with Crippen LogP contribution in [0.15, 0.2) is 0 Å². The minimum absolute atomic E-state index is 0.0758. The number of ether oxygens (including phenoxy) is 1. The summed E-state index contributed by atoms with van der Waals surface area (Å²) >= 11 is 0. The molecule has 1 aromatic rings. The number of rotatable bonds is 7. The number of nitrogens with two attached hydrogens (primary N) is 1. The lowest BCUT2D eigenvalue weighted by Crippen LogP contribution is -2.21. The number of nitrogens with zero attached hydrogens (tertiary/aromatic N) is 1. The summed E-state index contributed by atoms with van der Waals surface area (Å²) in [5.41, 5.74) is 5.09. The van der Waals surface area contributed by atoms with Crippen molar-refractivity contribution in [1.29, 1.82) is 0 Å². The molecule has 0 radical (unpaired) electrons. The van der Waals surface area contributed by atoms with Crippen LogP contribution in [0.5, 0.6) is 0 Å². The van der Waals surface area contributed by atoms with E-state index in [1.807, 2.05) is 0 Å². The average molecular weight is 285 g/mol. The van der Waals surface area contributed by atoms with Crippen molar-refractivity contribution in [1.82, 2.24) is 9.97 Å². The van der Waals surface area contributed by atoms with E-state index in [2.05, 4.69) is 29.6 Å². The number of hydrogen-bond donors (Lipinski definition) is 3. The summed E-state index contributed by atoms with van der Waals surface area (Å²) in [6.07, 6.45) is 0. The second-order valence-electron chi connectivity index (χ2n) is 5.45. The first-order chi connectivity index (χ1) is 8.70. The zero-order chi connectivity index (χ0) is 14.6. The van der Waals surface area contributed by atoms with Crippen LogP contribution >= 0.6 is 0 Å². The molecule has 0 aliphatic carbocycles. The van der Waals surface area contributed by atoms with Crippen LogP contribution < -0.4 is 5.73 Å². The molecule has 0 unspecified atom stereocenters. The number of carbonyl (C=O) groups excluding carboxylic acids is 1. The van der Waals surface area contributed by atoms with Gasteiger partial charge in [0.1, 0.15) is 0 Å². The van der Waals surface area contributed by atoms with Crippen molar-refractivity contribution in [3.05, 3.63) is 17.2 Å². The maximum absolute atomic E-state index is 11.0. The van der Waals surface area contributed by atoms with Crippen molar-refractivity contribution in [3.8, 4) is 0 Å². The SMILES string of the molecule is C[Si](C)(C)CCOCc1[nH]c(C(N)=O)nc1C(=O)O. The van der Waals surface area contributed by atoms with E-state index >= 15 is 0 Å². The molecule has 0 saturated heterocycles. The van der Waals surface area contributed by atoms with Crippen LogP contribution in [-0.2, 0) is 11.3 Å². The normalized spacial score (nSPS) is 11.5. The molecule has 0 saturated carbocycles. The van der Waals surface area contributed by atoms with Gasteiger partial charge in [0.2, 0.25) is 0 Å². The van der Waals surface area contributed by atoms with E-state index in [1.165, 1.54) is 0 Å². The maximum atomic E-state index is 11.0. The quantitative estimate of drug-likeness (QED) is 0.511. The molecule has 19 heavy (non-hydrogen) atoms. The average Bonchev–Trinajstić information content (AvgIpc) is 2.67. The van der Waals surface area contributed by atoms with E-state index in [1.54, 1.807) is 0 Å². The number of aromatic carboxylic acids is 1. The lowest BCUT2D eigenvalue weighted by atomic mass is 10.3. The lowest BCUT2D eigenvalue weighted by Gasteiger charge is -2.15. The molecule has 1 aromatic heterocycles. The highest BCUT2D eigenvalue weighted by Gasteiger charge is 2.19. The van der Waals surface area contributed by atoms with E-state index in [4.69, 9.17) is 15.6 Å². The molecule has 106 valence electrons. The maximum Gasteiger partial charge on any atom is 0.356 e. The minimum atomic E-state index is -1.22. The number of imidazole rings is 1. The van der Waals surface area contributed by atoms with Crippen molar-refractivity contribution in [3.63, 3.8) is 0 Å². The van der Waals surface area contributed by atoms with Gasteiger partial charge in [-0.15, -0.1) is 0 Å². The minimum Gasteiger partial charge on any atom is -0.476 e. The fraction of sp³-hybridized carbons (Fsp3) is 0.545. The molecule has 0 atom stereocenters. The largest absolute Gasteiger partial charge is 0.476 e. The van der Waals surface area contributed by atoms with Crippen LogP contribution in [0.1, 0.15) is 26.8 Å². The van der Waals surface area contributed by atoms with E-state index in [9.17, 15) is 9.59 Å². The van der Waals surface area contributed by atoms with E-state index in [0.29, 0.717) is 6.61 Å². The van der Waals surface area contributed by atoms with E-state index < -0.39 is 20.0 Å². The Labute approximate surface area is 112 Å². The standard InChI is InChI=1S/C11H19N3O4Si/c1-19(2,3)5-4-18-6-7-8(11(16)17)14-10(13-7)9(12)15/h4-6H2,1-3H3,(H2,12,15)(H,13,14)(H,16,17). The molecule has 4 N–H and O–H groups in total.